The minimum Gasteiger partial charge on any atom is -0.481 e. The molecule has 0 fully saturated rings. The van der Waals surface area contributed by atoms with Gasteiger partial charge in [-0.1, -0.05) is 48.0 Å². The van der Waals surface area contributed by atoms with Gasteiger partial charge in [0.15, 0.2) is 0 Å². The van der Waals surface area contributed by atoms with E-state index >= 15 is 0 Å². The van der Waals surface area contributed by atoms with Crippen LogP contribution in [0.15, 0.2) is 60.7 Å². The lowest BCUT2D eigenvalue weighted by Crippen LogP contribution is -2.37. The maximum Gasteiger partial charge on any atom is 0.328 e. The summed E-state index contributed by atoms with van der Waals surface area (Å²) in [5.41, 5.74) is 2.77. The highest BCUT2D eigenvalue weighted by Gasteiger charge is 2.16. The maximum atomic E-state index is 11.7. The highest BCUT2D eigenvalue weighted by molar-refractivity contribution is 6.30. The molecule has 2 aromatic carbocycles. The van der Waals surface area contributed by atoms with Crippen LogP contribution in [0.2, 0.25) is 5.02 Å². The van der Waals surface area contributed by atoms with Gasteiger partial charge < -0.3 is 15.5 Å². The molecule has 0 aliphatic rings. The molecule has 0 saturated heterocycles. The van der Waals surface area contributed by atoms with Crippen molar-refractivity contribution in [2.24, 2.45) is 0 Å². The Morgan fingerprint density at radius 1 is 1.00 bits per heavy atom. The number of halogens is 1. The predicted octanol–water partition coefficient (Wildman–Crippen LogP) is 3.15. The topological polar surface area (TPSA) is 104 Å². The third kappa shape index (κ3) is 6.95. The van der Waals surface area contributed by atoms with Crippen LogP contribution in [0, 0.1) is 0 Å². The quantitative estimate of drug-likeness (QED) is 0.603. The lowest BCUT2D eigenvalue weighted by molar-refractivity contribution is -0.137. The normalized spacial score (nSPS) is 11.9. The van der Waals surface area contributed by atoms with Crippen molar-refractivity contribution in [3.63, 3.8) is 0 Å². The van der Waals surface area contributed by atoms with Gasteiger partial charge in [0.25, 0.3) is 0 Å². The van der Waals surface area contributed by atoms with E-state index in [1.54, 1.807) is 6.07 Å². The molecule has 7 heteroatoms. The van der Waals surface area contributed by atoms with Gasteiger partial charge in [-0.25, -0.2) is 4.79 Å². The van der Waals surface area contributed by atoms with Crippen LogP contribution in [0.1, 0.15) is 12.0 Å². The Kier molecular flexibility index (Phi) is 7.14. The summed E-state index contributed by atoms with van der Waals surface area (Å²) in [6.07, 6.45) is 1.59. The van der Waals surface area contributed by atoms with Gasteiger partial charge in [0.2, 0.25) is 5.91 Å². The number of carbonyl (C=O) groups excluding carboxylic acids is 1. The van der Waals surface area contributed by atoms with E-state index in [0.717, 1.165) is 22.8 Å². The summed E-state index contributed by atoms with van der Waals surface area (Å²) in [6, 6.07) is 14.3. The van der Waals surface area contributed by atoms with E-state index in [-0.39, 0.29) is 6.42 Å². The molecule has 0 unspecified atom stereocenters. The standard InChI is InChI=1S/C20H18ClNO5/c21-16-3-1-2-15(11-16)14-6-4-13(5-7-14)10-17(12-20(26)27)22-18(23)8-9-19(24)25/h1-9,11,17H,10,12H2,(H,22,23)(H,24,25)(H,26,27)/b9-8+/t17-/m1/s1. The van der Waals surface area contributed by atoms with E-state index in [2.05, 4.69) is 5.32 Å². The number of benzene rings is 2. The van der Waals surface area contributed by atoms with Gasteiger partial charge in [-0.3, -0.25) is 9.59 Å². The number of carboxylic acids is 2. The Hall–Kier alpha value is -3.12. The first kappa shape index (κ1) is 20.2. The van der Waals surface area contributed by atoms with Crippen LogP contribution in [0.5, 0.6) is 0 Å². The van der Waals surface area contributed by atoms with Crippen molar-refractivity contribution in [2.75, 3.05) is 0 Å². The molecule has 2 aromatic rings. The molecule has 3 N–H and O–H groups in total. The third-order valence-corrected chi connectivity index (χ3v) is 3.97. The first-order valence-electron chi connectivity index (χ1n) is 8.11. The summed E-state index contributed by atoms with van der Waals surface area (Å²) in [6.45, 7) is 0. The third-order valence-electron chi connectivity index (χ3n) is 3.74. The molecule has 0 spiro atoms. The molecule has 0 aromatic heterocycles. The summed E-state index contributed by atoms with van der Waals surface area (Å²) in [5, 5.41) is 20.7. The average molecular weight is 388 g/mol. The summed E-state index contributed by atoms with van der Waals surface area (Å²) < 4.78 is 0. The Bertz CT molecular complexity index is 861. The zero-order valence-corrected chi connectivity index (χ0v) is 15.0. The molecule has 1 atom stereocenters. The van der Waals surface area contributed by atoms with Gasteiger partial charge in [-0.2, -0.15) is 0 Å². The van der Waals surface area contributed by atoms with E-state index in [9.17, 15) is 14.4 Å². The smallest absolute Gasteiger partial charge is 0.328 e. The first-order valence-corrected chi connectivity index (χ1v) is 8.49. The molecule has 0 saturated carbocycles. The fourth-order valence-electron chi connectivity index (χ4n) is 2.57. The maximum absolute atomic E-state index is 11.7. The Morgan fingerprint density at radius 3 is 2.30 bits per heavy atom. The minimum atomic E-state index is -1.25. The highest BCUT2D eigenvalue weighted by Crippen LogP contribution is 2.23. The molecule has 1 amide bonds. The molecule has 2 rings (SSSR count). The molecule has 140 valence electrons. The zero-order valence-electron chi connectivity index (χ0n) is 14.3. The van der Waals surface area contributed by atoms with Crippen molar-refractivity contribution in [2.45, 2.75) is 18.9 Å². The fourth-order valence-corrected chi connectivity index (χ4v) is 2.76. The van der Waals surface area contributed by atoms with Gasteiger partial charge in [0.05, 0.1) is 6.42 Å². The number of hydrogen-bond acceptors (Lipinski definition) is 3. The van der Waals surface area contributed by atoms with Gasteiger partial charge in [0.1, 0.15) is 0 Å². The van der Waals surface area contributed by atoms with Crippen LogP contribution >= 0.6 is 11.6 Å². The number of carboxylic acid groups (broad SMARTS) is 2. The zero-order chi connectivity index (χ0) is 19.8. The van der Waals surface area contributed by atoms with Gasteiger partial charge in [-0.15, -0.1) is 0 Å². The molecule has 6 nitrogen and oxygen atoms in total. The summed E-state index contributed by atoms with van der Waals surface area (Å²) in [4.78, 5) is 33.2. The molecular formula is C20H18ClNO5. The predicted molar refractivity (Wildman–Crippen MR) is 102 cm³/mol. The van der Waals surface area contributed by atoms with Crippen molar-refractivity contribution in [1.29, 1.82) is 0 Å². The highest BCUT2D eigenvalue weighted by atomic mass is 35.5. The largest absolute Gasteiger partial charge is 0.481 e. The van der Waals surface area contributed by atoms with Crippen molar-refractivity contribution in [1.82, 2.24) is 5.32 Å². The van der Waals surface area contributed by atoms with Crippen molar-refractivity contribution < 1.29 is 24.6 Å². The lowest BCUT2D eigenvalue weighted by atomic mass is 9.99. The second kappa shape index (κ2) is 9.54. The van der Waals surface area contributed by atoms with Gasteiger partial charge >= 0.3 is 11.9 Å². The molecule has 0 heterocycles. The van der Waals surface area contributed by atoms with E-state index in [1.807, 2.05) is 42.5 Å². The second-order valence-electron chi connectivity index (χ2n) is 5.89. The number of amides is 1. The molecule has 27 heavy (non-hydrogen) atoms. The second-order valence-corrected chi connectivity index (χ2v) is 6.32. The SMILES string of the molecule is O=C(O)/C=C/C(=O)N[C@@H](CC(=O)O)Cc1ccc(-c2cccc(Cl)c2)cc1. The van der Waals surface area contributed by atoms with Crippen molar-refractivity contribution in [3.05, 3.63) is 71.3 Å². The molecule has 0 bridgehead atoms. The van der Waals surface area contributed by atoms with Crippen molar-refractivity contribution >= 4 is 29.4 Å². The van der Waals surface area contributed by atoms with Crippen LogP contribution in [-0.2, 0) is 20.8 Å². The van der Waals surface area contributed by atoms with Crippen LogP contribution in [0.25, 0.3) is 11.1 Å². The van der Waals surface area contributed by atoms with Gasteiger partial charge in [-0.05, 0) is 35.2 Å². The number of nitrogens with one attached hydrogen (secondary N) is 1. The van der Waals surface area contributed by atoms with Crippen molar-refractivity contribution in [3.8, 4) is 11.1 Å². The van der Waals surface area contributed by atoms with Crippen LogP contribution in [0.3, 0.4) is 0 Å². The lowest BCUT2D eigenvalue weighted by Gasteiger charge is -2.16. The first-order chi connectivity index (χ1) is 12.8. The monoisotopic (exact) mass is 387 g/mol. The molecular weight excluding hydrogens is 370 g/mol. The van der Waals surface area contributed by atoms with E-state index in [0.29, 0.717) is 17.5 Å². The number of hydrogen-bond donors (Lipinski definition) is 3. The number of carbonyl (C=O) groups is 3. The number of aliphatic carboxylic acids is 2. The van der Waals surface area contributed by atoms with Gasteiger partial charge in [0, 0.05) is 23.2 Å². The average Bonchev–Trinajstić information content (AvgIpc) is 2.60. The van der Waals surface area contributed by atoms with Crippen LogP contribution in [0.4, 0.5) is 0 Å². The summed E-state index contributed by atoms with van der Waals surface area (Å²) >= 11 is 6.00. The Labute approximate surface area is 161 Å². The molecule has 0 aliphatic carbocycles. The number of rotatable bonds is 8. The molecule has 0 aliphatic heterocycles. The summed E-state index contributed by atoms with van der Waals surface area (Å²) in [7, 11) is 0. The Morgan fingerprint density at radius 2 is 1.70 bits per heavy atom. The fraction of sp³-hybridized carbons (Fsp3) is 0.150. The van der Waals surface area contributed by atoms with E-state index in [1.165, 1.54) is 0 Å². The van der Waals surface area contributed by atoms with Crippen LogP contribution < -0.4 is 5.32 Å². The minimum absolute atomic E-state index is 0.275. The molecule has 0 radical (unpaired) electrons. The van der Waals surface area contributed by atoms with E-state index in [4.69, 9.17) is 21.8 Å². The van der Waals surface area contributed by atoms with Crippen LogP contribution in [-0.4, -0.2) is 34.1 Å². The summed E-state index contributed by atoms with van der Waals surface area (Å²) in [5.74, 6) is -2.96. The van der Waals surface area contributed by atoms with E-state index < -0.39 is 23.9 Å². The Balaban J connectivity index is 2.09.